The van der Waals surface area contributed by atoms with E-state index in [4.69, 9.17) is 16.3 Å². The Morgan fingerprint density at radius 3 is 2.48 bits per heavy atom. The molecule has 2 rings (SSSR count). The van der Waals surface area contributed by atoms with Gasteiger partial charge in [0, 0.05) is 12.1 Å². The van der Waals surface area contributed by atoms with Crippen molar-refractivity contribution in [1.82, 2.24) is 5.32 Å². The van der Waals surface area contributed by atoms with Gasteiger partial charge in [0.25, 0.3) is 0 Å². The summed E-state index contributed by atoms with van der Waals surface area (Å²) in [5.74, 6) is 1.49. The molecule has 0 saturated carbocycles. The molecule has 21 heavy (non-hydrogen) atoms. The van der Waals surface area contributed by atoms with Crippen LogP contribution >= 0.6 is 11.6 Å². The zero-order valence-corrected chi connectivity index (χ0v) is 13.8. The molecule has 0 radical (unpaired) electrons. The molecule has 0 bridgehead atoms. The van der Waals surface area contributed by atoms with Gasteiger partial charge in [0.1, 0.15) is 11.5 Å². The maximum atomic E-state index is 6.32. The fourth-order valence-electron chi connectivity index (χ4n) is 1.91. The average molecular weight is 304 g/mol. The Hall–Kier alpha value is -1.51. The summed E-state index contributed by atoms with van der Waals surface area (Å²) in [7, 11) is 0. The fourth-order valence-corrected chi connectivity index (χ4v) is 2.15. The minimum Gasteiger partial charge on any atom is -0.456 e. The third-order valence-electron chi connectivity index (χ3n) is 3.04. The molecule has 112 valence electrons. The van der Waals surface area contributed by atoms with Gasteiger partial charge in [-0.2, -0.15) is 0 Å². The zero-order chi connectivity index (χ0) is 15.5. The molecule has 0 amide bonds. The molecular weight excluding hydrogens is 282 g/mol. The van der Waals surface area contributed by atoms with E-state index in [1.54, 1.807) is 0 Å². The maximum absolute atomic E-state index is 6.32. The van der Waals surface area contributed by atoms with Crippen molar-refractivity contribution in [2.45, 2.75) is 39.8 Å². The lowest BCUT2D eigenvalue weighted by atomic mass is 10.1. The molecule has 0 saturated heterocycles. The predicted molar refractivity (Wildman–Crippen MR) is 89.3 cm³/mol. The maximum Gasteiger partial charge on any atom is 0.146 e. The highest BCUT2D eigenvalue weighted by Gasteiger charge is 2.10. The largest absolute Gasteiger partial charge is 0.456 e. The molecule has 1 N–H and O–H groups in total. The normalized spacial score (nSPS) is 11.5. The second kappa shape index (κ2) is 6.50. The number of ether oxygens (including phenoxy) is 1. The first-order valence-corrected chi connectivity index (χ1v) is 7.49. The lowest BCUT2D eigenvalue weighted by Gasteiger charge is -2.20. The van der Waals surface area contributed by atoms with Crippen LogP contribution in [-0.2, 0) is 6.54 Å². The molecule has 2 nitrogen and oxygen atoms in total. The van der Waals surface area contributed by atoms with Crippen LogP contribution in [0.4, 0.5) is 0 Å². The minimum atomic E-state index is 0.0865. The number of nitrogens with one attached hydrogen (secondary N) is 1. The van der Waals surface area contributed by atoms with E-state index in [1.165, 1.54) is 0 Å². The van der Waals surface area contributed by atoms with Gasteiger partial charge in [-0.1, -0.05) is 29.8 Å². The van der Waals surface area contributed by atoms with Crippen molar-refractivity contribution in [3.63, 3.8) is 0 Å². The topological polar surface area (TPSA) is 21.3 Å². The molecule has 0 aromatic heterocycles. The second-order valence-corrected chi connectivity index (χ2v) is 6.69. The molecule has 0 heterocycles. The molecular formula is C18H22ClNO. The van der Waals surface area contributed by atoms with Crippen molar-refractivity contribution in [1.29, 1.82) is 0 Å². The van der Waals surface area contributed by atoms with E-state index in [9.17, 15) is 0 Å². The van der Waals surface area contributed by atoms with Crippen LogP contribution in [0.3, 0.4) is 0 Å². The second-order valence-electron chi connectivity index (χ2n) is 6.29. The van der Waals surface area contributed by atoms with Crippen molar-refractivity contribution in [2.24, 2.45) is 0 Å². The van der Waals surface area contributed by atoms with Crippen molar-refractivity contribution in [2.75, 3.05) is 0 Å². The molecule has 0 aliphatic heterocycles. The highest BCUT2D eigenvalue weighted by Crippen LogP contribution is 2.30. The molecule has 0 unspecified atom stereocenters. The molecule has 0 fully saturated rings. The Morgan fingerprint density at radius 1 is 1.10 bits per heavy atom. The predicted octanol–water partition coefficient (Wildman–Crippen LogP) is 5.33. The lowest BCUT2D eigenvalue weighted by Crippen LogP contribution is -2.35. The summed E-state index contributed by atoms with van der Waals surface area (Å²) < 4.78 is 5.84. The summed E-state index contributed by atoms with van der Waals surface area (Å²) in [5.41, 5.74) is 2.39. The summed E-state index contributed by atoms with van der Waals surface area (Å²) in [5, 5.41) is 4.07. The van der Waals surface area contributed by atoms with Gasteiger partial charge in [0.15, 0.2) is 0 Å². The van der Waals surface area contributed by atoms with Crippen LogP contribution in [-0.4, -0.2) is 5.54 Å². The van der Waals surface area contributed by atoms with E-state index in [2.05, 4.69) is 26.1 Å². The molecule has 3 heteroatoms. The van der Waals surface area contributed by atoms with Crippen LogP contribution in [0.25, 0.3) is 0 Å². The van der Waals surface area contributed by atoms with Crippen LogP contribution in [0.5, 0.6) is 11.5 Å². The van der Waals surface area contributed by atoms with Crippen molar-refractivity contribution >= 4 is 11.6 Å². The summed E-state index contributed by atoms with van der Waals surface area (Å²) in [4.78, 5) is 0. The quantitative estimate of drug-likeness (QED) is 0.824. The first-order valence-electron chi connectivity index (χ1n) is 7.11. The van der Waals surface area contributed by atoms with E-state index in [0.717, 1.165) is 23.4 Å². The first-order chi connectivity index (χ1) is 9.83. The smallest absolute Gasteiger partial charge is 0.146 e. The van der Waals surface area contributed by atoms with Gasteiger partial charge in [-0.05, 0) is 63.1 Å². The summed E-state index contributed by atoms with van der Waals surface area (Å²) in [6, 6.07) is 13.8. The standard InChI is InChI=1S/C18H22ClNO/c1-13-6-5-7-15(10-13)21-17-9-8-14(11-16(17)19)12-20-18(2,3)4/h5-11,20H,12H2,1-4H3. The summed E-state index contributed by atoms with van der Waals surface area (Å²) in [6.45, 7) is 9.25. The van der Waals surface area contributed by atoms with Crippen LogP contribution < -0.4 is 10.1 Å². The zero-order valence-electron chi connectivity index (χ0n) is 13.0. The van der Waals surface area contributed by atoms with Gasteiger partial charge in [0.2, 0.25) is 0 Å². The number of benzene rings is 2. The molecule has 0 spiro atoms. The lowest BCUT2D eigenvalue weighted by molar-refractivity contribution is 0.424. The van der Waals surface area contributed by atoms with Crippen molar-refractivity contribution in [3.8, 4) is 11.5 Å². The number of halogens is 1. The van der Waals surface area contributed by atoms with Gasteiger partial charge in [-0.25, -0.2) is 0 Å². The van der Waals surface area contributed by atoms with Crippen molar-refractivity contribution in [3.05, 3.63) is 58.6 Å². The van der Waals surface area contributed by atoms with Gasteiger partial charge < -0.3 is 10.1 Å². The third-order valence-corrected chi connectivity index (χ3v) is 3.33. The average Bonchev–Trinajstić information content (AvgIpc) is 2.38. The molecule has 0 aliphatic rings. The van der Waals surface area contributed by atoms with E-state index >= 15 is 0 Å². The first kappa shape index (κ1) is 15.9. The van der Waals surface area contributed by atoms with E-state index in [-0.39, 0.29) is 5.54 Å². The van der Waals surface area contributed by atoms with Gasteiger partial charge in [0.05, 0.1) is 5.02 Å². The number of hydrogen-bond donors (Lipinski definition) is 1. The molecule has 2 aromatic rings. The monoisotopic (exact) mass is 303 g/mol. The fraction of sp³-hybridized carbons (Fsp3) is 0.333. The van der Waals surface area contributed by atoms with Crippen LogP contribution in [0.1, 0.15) is 31.9 Å². The van der Waals surface area contributed by atoms with E-state index in [1.807, 2.05) is 49.4 Å². The Labute approximate surface area is 132 Å². The van der Waals surface area contributed by atoms with Crippen LogP contribution in [0.2, 0.25) is 5.02 Å². The van der Waals surface area contributed by atoms with Gasteiger partial charge >= 0.3 is 0 Å². The van der Waals surface area contributed by atoms with Crippen LogP contribution in [0.15, 0.2) is 42.5 Å². The number of rotatable bonds is 4. The number of aryl methyl sites for hydroxylation is 1. The van der Waals surface area contributed by atoms with E-state index in [0.29, 0.717) is 10.8 Å². The number of hydrogen-bond acceptors (Lipinski definition) is 2. The molecule has 2 aromatic carbocycles. The van der Waals surface area contributed by atoms with Crippen molar-refractivity contribution < 1.29 is 4.74 Å². The highest BCUT2D eigenvalue weighted by molar-refractivity contribution is 6.32. The summed E-state index contributed by atoms with van der Waals surface area (Å²) in [6.07, 6.45) is 0. The molecule has 0 aliphatic carbocycles. The molecule has 0 atom stereocenters. The van der Waals surface area contributed by atoms with E-state index < -0.39 is 0 Å². The Morgan fingerprint density at radius 2 is 1.86 bits per heavy atom. The third kappa shape index (κ3) is 5.07. The Balaban J connectivity index is 2.09. The van der Waals surface area contributed by atoms with Crippen LogP contribution in [0, 0.1) is 6.92 Å². The highest BCUT2D eigenvalue weighted by atomic mass is 35.5. The minimum absolute atomic E-state index is 0.0865. The Kier molecular flexibility index (Phi) is 4.92. The van der Waals surface area contributed by atoms with Gasteiger partial charge in [-0.3, -0.25) is 0 Å². The van der Waals surface area contributed by atoms with Gasteiger partial charge in [-0.15, -0.1) is 0 Å². The Bertz CT molecular complexity index is 617. The summed E-state index contributed by atoms with van der Waals surface area (Å²) >= 11 is 6.32. The SMILES string of the molecule is Cc1cccc(Oc2ccc(CNC(C)(C)C)cc2Cl)c1.